The van der Waals surface area contributed by atoms with Crippen molar-refractivity contribution in [3.8, 4) is 0 Å². The number of ketones is 1. The molecule has 1 aliphatic heterocycles. The number of carbonyl (C=O) groups is 1. The highest BCUT2D eigenvalue weighted by molar-refractivity contribution is 7.89. The minimum Gasteiger partial charge on any atom is -0.294 e. The maximum Gasteiger partial charge on any atom is 0.243 e. The Hall–Kier alpha value is -2.05. The third kappa shape index (κ3) is 3.80. The van der Waals surface area contributed by atoms with Gasteiger partial charge in [-0.15, -0.1) is 0 Å². The predicted octanol–water partition coefficient (Wildman–Crippen LogP) is 3.42. The Morgan fingerprint density at radius 3 is 2.32 bits per heavy atom. The molecule has 0 unspecified atom stereocenters. The lowest BCUT2D eigenvalue weighted by Crippen LogP contribution is -2.40. The van der Waals surface area contributed by atoms with Crippen LogP contribution in [0.5, 0.6) is 0 Å². The number of halogens is 1. The molecule has 25 heavy (non-hydrogen) atoms. The summed E-state index contributed by atoms with van der Waals surface area (Å²) >= 11 is 0. The van der Waals surface area contributed by atoms with Crippen molar-refractivity contribution in [2.24, 2.45) is 5.92 Å². The Labute approximate surface area is 147 Å². The van der Waals surface area contributed by atoms with Gasteiger partial charge in [-0.1, -0.05) is 12.1 Å². The van der Waals surface area contributed by atoms with Gasteiger partial charge in [0.25, 0.3) is 0 Å². The van der Waals surface area contributed by atoms with E-state index in [4.69, 9.17) is 0 Å². The summed E-state index contributed by atoms with van der Waals surface area (Å²) in [5, 5.41) is 0. The summed E-state index contributed by atoms with van der Waals surface area (Å²) in [4.78, 5) is 12.8. The summed E-state index contributed by atoms with van der Waals surface area (Å²) in [7, 11) is -3.53. The van der Waals surface area contributed by atoms with E-state index in [9.17, 15) is 17.6 Å². The van der Waals surface area contributed by atoms with Crippen LogP contribution in [0.3, 0.4) is 0 Å². The van der Waals surface area contributed by atoms with Gasteiger partial charge in [0.15, 0.2) is 5.78 Å². The molecule has 1 saturated heterocycles. The Morgan fingerprint density at radius 1 is 1.08 bits per heavy atom. The largest absolute Gasteiger partial charge is 0.294 e. The zero-order chi connectivity index (χ0) is 18.0. The fraction of sp³-hybridized carbons (Fsp3) is 0.316. The van der Waals surface area contributed by atoms with Gasteiger partial charge in [-0.05, 0) is 61.7 Å². The molecule has 2 aromatic carbocycles. The Bertz CT molecular complexity index is 870. The third-order valence-electron chi connectivity index (χ3n) is 4.58. The standard InChI is InChI=1S/C19H20FNO3S/c1-14-3-2-4-18(13-14)25(23,24)21-11-9-16(10-12-21)19(22)15-5-7-17(20)8-6-15/h2-8,13,16H,9-12H2,1H3. The predicted molar refractivity (Wildman–Crippen MR) is 93.4 cm³/mol. The molecule has 132 valence electrons. The van der Waals surface area contributed by atoms with Crippen LogP contribution in [0.4, 0.5) is 4.39 Å². The van der Waals surface area contributed by atoms with E-state index in [0.717, 1.165) is 5.56 Å². The zero-order valence-electron chi connectivity index (χ0n) is 14.0. The quantitative estimate of drug-likeness (QED) is 0.784. The van der Waals surface area contributed by atoms with Crippen molar-refractivity contribution < 1.29 is 17.6 Å². The van der Waals surface area contributed by atoms with Gasteiger partial charge in [-0.3, -0.25) is 4.79 Å². The van der Waals surface area contributed by atoms with Crippen molar-refractivity contribution in [3.05, 3.63) is 65.5 Å². The van der Waals surface area contributed by atoms with Crippen LogP contribution in [0.1, 0.15) is 28.8 Å². The minimum atomic E-state index is -3.53. The Morgan fingerprint density at radius 2 is 1.72 bits per heavy atom. The van der Waals surface area contributed by atoms with Gasteiger partial charge in [0, 0.05) is 24.6 Å². The van der Waals surface area contributed by atoms with Crippen LogP contribution in [0.15, 0.2) is 53.4 Å². The number of sulfonamides is 1. The molecule has 0 amide bonds. The van der Waals surface area contributed by atoms with Gasteiger partial charge in [0.1, 0.15) is 5.82 Å². The molecule has 0 aromatic heterocycles. The first-order chi connectivity index (χ1) is 11.9. The Kier molecular flexibility index (Phi) is 5.01. The number of Topliss-reactive ketones (excluding diaryl/α,β-unsaturated/α-hetero) is 1. The fourth-order valence-electron chi connectivity index (χ4n) is 3.13. The van der Waals surface area contributed by atoms with Gasteiger partial charge in [-0.2, -0.15) is 4.31 Å². The van der Waals surface area contributed by atoms with Crippen LogP contribution < -0.4 is 0 Å². The third-order valence-corrected chi connectivity index (χ3v) is 6.48. The van der Waals surface area contributed by atoms with E-state index in [0.29, 0.717) is 31.5 Å². The number of hydrogen-bond donors (Lipinski definition) is 0. The van der Waals surface area contributed by atoms with E-state index >= 15 is 0 Å². The molecule has 6 heteroatoms. The molecule has 0 N–H and O–H groups in total. The van der Waals surface area contributed by atoms with Crippen LogP contribution in [0.25, 0.3) is 0 Å². The molecule has 4 nitrogen and oxygen atoms in total. The van der Waals surface area contributed by atoms with Crippen molar-refractivity contribution in [2.75, 3.05) is 13.1 Å². The lowest BCUT2D eigenvalue weighted by molar-refractivity contribution is 0.0875. The van der Waals surface area contributed by atoms with E-state index < -0.39 is 10.0 Å². The van der Waals surface area contributed by atoms with E-state index in [1.807, 2.05) is 13.0 Å². The van der Waals surface area contributed by atoms with Crippen molar-refractivity contribution in [1.82, 2.24) is 4.31 Å². The molecule has 0 bridgehead atoms. The highest BCUT2D eigenvalue weighted by Gasteiger charge is 2.32. The molecule has 0 radical (unpaired) electrons. The molecular weight excluding hydrogens is 341 g/mol. The second-order valence-corrected chi connectivity index (χ2v) is 8.30. The van der Waals surface area contributed by atoms with Crippen molar-refractivity contribution in [2.45, 2.75) is 24.7 Å². The topological polar surface area (TPSA) is 54.5 Å². The smallest absolute Gasteiger partial charge is 0.243 e. The van der Waals surface area contributed by atoms with Gasteiger partial charge in [0.2, 0.25) is 10.0 Å². The first-order valence-electron chi connectivity index (χ1n) is 8.24. The summed E-state index contributed by atoms with van der Waals surface area (Å²) in [5.74, 6) is -0.655. The monoisotopic (exact) mass is 361 g/mol. The number of benzene rings is 2. The number of carbonyl (C=O) groups excluding carboxylic acids is 1. The lowest BCUT2D eigenvalue weighted by Gasteiger charge is -2.30. The summed E-state index contributed by atoms with van der Waals surface area (Å²) in [6.07, 6.45) is 0.947. The Balaban J connectivity index is 1.69. The molecule has 2 aromatic rings. The minimum absolute atomic E-state index is 0.0485. The number of rotatable bonds is 4. The van der Waals surface area contributed by atoms with Gasteiger partial charge in [0.05, 0.1) is 4.90 Å². The molecule has 1 heterocycles. The van der Waals surface area contributed by atoms with Crippen LogP contribution >= 0.6 is 0 Å². The summed E-state index contributed by atoms with van der Waals surface area (Å²) in [5.41, 5.74) is 1.36. The van der Waals surface area contributed by atoms with E-state index in [2.05, 4.69) is 0 Å². The number of hydrogen-bond acceptors (Lipinski definition) is 3. The molecule has 0 aliphatic carbocycles. The maximum atomic E-state index is 13.0. The summed E-state index contributed by atoms with van der Waals surface area (Å²) in [6.45, 7) is 2.48. The first-order valence-corrected chi connectivity index (χ1v) is 9.68. The fourth-order valence-corrected chi connectivity index (χ4v) is 4.71. The average Bonchev–Trinajstić information content (AvgIpc) is 2.62. The van der Waals surface area contributed by atoms with Gasteiger partial charge < -0.3 is 0 Å². The normalized spacial score (nSPS) is 16.7. The van der Waals surface area contributed by atoms with Crippen LogP contribution in [0.2, 0.25) is 0 Å². The molecule has 0 saturated carbocycles. The lowest BCUT2D eigenvalue weighted by atomic mass is 9.90. The molecule has 0 spiro atoms. The number of nitrogens with zero attached hydrogens (tertiary/aromatic N) is 1. The van der Waals surface area contributed by atoms with E-state index in [1.54, 1.807) is 18.2 Å². The molecule has 0 atom stereocenters. The zero-order valence-corrected chi connectivity index (χ0v) is 14.8. The summed E-state index contributed by atoms with van der Waals surface area (Å²) < 4.78 is 39.9. The first kappa shape index (κ1) is 17.8. The highest BCUT2D eigenvalue weighted by atomic mass is 32.2. The van der Waals surface area contributed by atoms with Gasteiger partial charge in [-0.25, -0.2) is 12.8 Å². The van der Waals surface area contributed by atoms with E-state index in [1.165, 1.54) is 28.6 Å². The molecule has 1 aliphatic rings. The molecular formula is C19H20FNO3S. The SMILES string of the molecule is Cc1cccc(S(=O)(=O)N2CCC(C(=O)c3ccc(F)cc3)CC2)c1. The van der Waals surface area contributed by atoms with E-state index in [-0.39, 0.29) is 22.4 Å². The maximum absolute atomic E-state index is 13.0. The van der Waals surface area contributed by atoms with Crippen LogP contribution in [0, 0.1) is 18.7 Å². The molecule has 1 fully saturated rings. The van der Waals surface area contributed by atoms with Crippen molar-refractivity contribution >= 4 is 15.8 Å². The summed E-state index contributed by atoms with van der Waals surface area (Å²) in [6, 6.07) is 12.3. The van der Waals surface area contributed by atoms with Crippen LogP contribution in [-0.4, -0.2) is 31.6 Å². The van der Waals surface area contributed by atoms with Crippen molar-refractivity contribution in [3.63, 3.8) is 0 Å². The van der Waals surface area contributed by atoms with Gasteiger partial charge >= 0.3 is 0 Å². The van der Waals surface area contributed by atoms with Crippen LogP contribution in [-0.2, 0) is 10.0 Å². The second-order valence-electron chi connectivity index (χ2n) is 6.37. The highest BCUT2D eigenvalue weighted by Crippen LogP contribution is 2.26. The molecule has 3 rings (SSSR count). The average molecular weight is 361 g/mol. The second kappa shape index (κ2) is 7.06. The number of piperidine rings is 1. The van der Waals surface area contributed by atoms with Crippen molar-refractivity contribution in [1.29, 1.82) is 0 Å². The number of aryl methyl sites for hydroxylation is 1.